The molecule has 3 heterocycles. The Hall–Kier alpha value is -2.57. The number of aryl methyl sites for hydroxylation is 1. The van der Waals surface area contributed by atoms with E-state index >= 15 is 0 Å². The van der Waals surface area contributed by atoms with Crippen molar-refractivity contribution in [1.29, 1.82) is 0 Å². The summed E-state index contributed by atoms with van der Waals surface area (Å²) in [4.78, 5) is 18.2. The van der Waals surface area contributed by atoms with Crippen molar-refractivity contribution in [3.63, 3.8) is 0 Å². The minimum absolute atomic E-state index is 0.0306. The summed E-state index contributed by atoms with van der Waals surface area (Å²) < 4.78 is 14.1. The standard InChI is InChI=1S/C26H33N3O3/c1-27-24-8-6-20(31-16-14-28-10-2-3-11-28)18-22(24)26(30)23-19-21(7-9-25(23)27)32-17-15-29-12-4-5-13-29/h6-9,18-19H,2-5,10-17H2,1H3. The lowest BCUT2D eigenvalue weighted by Gasteiger charge is -2.16. The van der Waals surface area contributed by atoms with Gasteiger partial charge in [-0.1, -0.05) is 0 Å². The van der Waals surface area contributed by atoms with Crippen LogP contribution in [-0.2, 0) is 7.05 Å². The second kappa shape index (κ2) is 9.51. The van der Waals surface area contributed by atoms with Crippen molar-refractivity contribution in [2.24, 2.45) is 7.05 Å². The van der Waals surface area contributed by atoms with Crippen molar-refractivity contribution in [3.05, 3.63) is 46.6 Å². The lowest BCUT2D eigenvalue weighted by Crippen LogP contribution is -2.25. The molecule has 0 atom stereocenters. The molecule has 0 aliphatic carbocycles. The summed E-state index contributed by atoms with van der Waals surface area (Å²) in [5, 5.41) is 1.38. The van der Waals surface area contributed by atoms with E-state index < -0.39 is 0 Å². The molecule has 5 rings (SSSR count). The van der Waals surface area contributed by atoms with Gasteiger partial charge in [0, 0.05) is 30.9 Å². The van der Waals surface area contributed by atoms with Crippen LogP contribution in [0.3, 0.4) is 0 Å². The van der Waals surface area contributed by atoms with Crippen LogP contribution in [0.5, 0.6) is 11.5 Å². The number of hydrogen-bond donors (Lipinski definition) is 0. The van der Waals surface area contributed by atoms with Crippen LogP contribution in [-0.4, -0.2) is 66.8 Å². The van der Waals surface area contributed by atoms with E-state index in [2.05, 4.69) is 14.4 Å². The number of hydrogen-bond acceptors (Lipinski definition) is 5. The molecule has 0 amide bonds. The second-order valence-corrected chi connectivity index (χ2v) is 9.04. The van der Waals surface area contributed by atoms with E-state index in [4.69, 9.17) is 9.47 Å². The van der Waals surface area contributed by atoms with Gasteiger partial charge < -0.3 is 14.0 Å². The first-order chi connectivity index (χ1) is 15.7. The minimum atomic E-state index is 0.0306. The van der Waals surface area contributed by atoms with E-state index in [1.807, 2.05) is 43.4 Å². The van der Waals surface area contributed by atoms with Crippen molar-refractivity contribution in [3.8, 4) is 11.5 Å². The van der Waals surface area contributed by atoms with Gasteiger partial charge in [0.15, 0.2) is 5.43 Å². The molecule has 0 N–H and O–H groups in total. The molecule has 32 heavy (non-hydrogen) atoms. The highest BCUT2D eigenvalue weighted by Gasteiger charge is 2.14. The summed E-state index contributed by atoms with van der Waals surface area (Å²) >= 11 is 0. The van der Waals surface area contributed by atoms with Crippen LogP contribution < -0.4 is 14.9 Å². The molecular weight excluding hydrogens is 402 g/mol. The zero-order valence-corrected chi connectivity index (χ0v) is 19.0. The number of pyridine rings is 1. The fraction of sp³-hybridized carbons (Fsp3) is 0.500. The monoisotopic (exact) mass is 435 g/mol. The number of aromatic nitrogens is 1. The maximum atomic E-state index is 13.4. The quantitative estimate of drug-likeness (QED) is 0.506. The largest absolute Gasteiger partial charge is 0.492 e. The molecule has 170 valence electrons. The smallest absolute Gasteiger partial charge is 0.197 e. The zero-order valence-electron chi connectivity index (χ0n) is 19.0. The summed E-state index contributed by atoms with van der Waals surface area (Å²) in [6.45, 7) is 7.82. The average Bonchev–Trinajstić information content (AvgIpc) is 3.52. The molecule has 6 nitrogen and oxygen atoms in total. The van der Waals surface area contributed by atoms with Crippen LogP contribution in [0.4, 0.5) is 0 Å². The third kappa shape index (κ3) is 4.48. The van der Waals surface area contributed by atoms with Gasteiger partial charge in [0.05, 0.1) is 11.0 Å². The molecule has 0 unspecified atom stereocenters. The number of benzene rings is 2. The van der Waals surface area contributed by atoms with Gasteiger partial charge in [0.1, 0.15) is 24.7 Å². The molecule has 1 aromatic heterocycles. The Bertz CT molecular complexity index is 1060. The highest BCUT2D eigenvalue weighted by molar-refractivity contribution is 5.94. The van der Waals surface area contributed by atoms with Crippen molar-refractivity contribution in [2.45, 2.75) is 25.7 Å². The maximum absolute atomic E-state index is 13.4. The SMILES string of the molecule is Cn1c2ccc(OCCN3CCCC3)cc2c(=O)c2cc(OCCN3CCCC3)ccc21. The molecular formula is C26H33N3O3. The second-order valence-electron chi connectivity index (χ2n) is 9.04. The van der Waals surface area contributed by atoms with Gasteiger partial charge in [0.25, 0.3) is 0 Å². The minimum Gasteiger partial charge on any atom is -0.492 e. The van der Waals surface area contributed by atoms with Crippen molar-refractivity contribution in [2.75, 3.05) is 52.5 Å². The fourth-order valence-electron chi connectivity index (χ4n) is 5.03. The number of rotatable bonds is 8. The van der Waals surface area contributed by atoms with Crippen molar-refractivity contribution in [1.82, 2.24) is 14.4 Å². The molecule has 0 bridgehead atoms. The molecule has 0 saturated carbocycles. The van der Waals surface area contributed by atoms with Gasteiger partial charge in [-0.05, 0) is 88.3 Å². The number of nitrogens with zero attached hydrogens (tertiary/aromatic N) is 3. The normalized spacial score (nSPS) is 17.5. The van der Waals surface area contributed by atoms with Crippen LogP contribution in [0.2, 0.25) is 0 Å². The van der Waals surface area contributed by atoms with E-state index in [1.54, 1.807) is 0 Å². The van der Waals surface area contributed by atoms with Crippen LogP contribution >= 0.6 is 0 Å². The van der Waals surface area contributed by atoms with Gasteiger partial charge in [-0.2, -0.15) is 0 Å². The maximum Gasteiger partial charge on any atom is 0.197 e. The van der Waals surface area contributed by atoms with E-state index in [9.17, 15) is 4.79 Å². The lowest BCUT2D eigenvalue weighted by molar-refractivity contribution is 0.238. The van der Waals surface area contributed by atoms with Gasteiger partial charge in [0.2, 0.25) is 0 Å². The summed E-state index contributed by atoms with van der Waals surface area (Å²) in [5.41, 5.74) is 1.86. The zero-order chi connectivity index (χ0) is 21.9. The molecule has 2 aliphatic heterocycles. The molecule has 0 spiro atoms. The summed E-state index contributed by atoms with van der Waals surface area (Å²) in [6, 6.07) is 11.7. The molecule has 2 aromatic carbocycles. The molecule has 6 heteroatoms. The van der Waals surface area contributed by atoms with E-state index in [0.29, 0.717) is 24.0 Å². The van der Waals surface area contributed by atoms with Crippen LogP contribution in [0, 0.1) is 0 Å². The Labute approximate surface area is 189 Å². The highest BCUT2D eigenvalue weighted by Crippen LogP contribution is 2.25. The van der Waals surface area contributed by atoms with E-state index in [1.165, 1.54) is 25.7 Å². The van der Waals surface area contributed by atoms with Gasteiger partial charge in [-0.25, -0.2) is 0 Å². The average molecular weight is 436 g/mol. The Kier molecular flexibility index (Phi) is 6.32. The first-order valence-electron chi connectivity index (χ1n) is 12.0. The lowest BCUT2D eigenvalue weighted by atomic mass is 10.1. The molecule has 2 fully saturated rings. The van der Waals surface area contributed by atoms with Crippen LogP contribution in [0.15, 0.2) is 41.2 Å². The number of fused-ring (bicyclic) bond motifs is 2. The van der Waals surface area contributed by atoms with E-state index in [-0.39, 0.29) is 5.43 Å². The Morgan fingerprint density at radius 3 is 1.59 bits per heavy atom. The van der Waals surface area contributed by atoms with Crippen molar-refractivity contribution >= 4 is 21.8 Å². The highest BCUT2D eigenvalue weighted by atomic mass is 16.5. The first kappa shape index (κ1) is 21.3. The Morgan fingerprint density at radius 2 is 1.16 bits per heavy atom. The first-order valence-corrected chi connectivity index (χ1v) is 12.0. The fourth-order valence-corrected chi connectivity index (χ4v) is 5.03. The van der Waals surface area contributed by atoms with Gasteiger partial charge >= 0.3 is 0 Å². The number of ether oxygens (including phenoxy) is 2. The Balaban J connectivity index is 1.35. The Morgan fingerprint density at radius 1 is 0.719 bits per heavy atom. The summed E-state index contributed by atoms with van der Waals surface area (Å²) in [6.07, 6.45) is 5.12. The third-order valence-corrected chi connectivity index (χ3v) is 6.90. The summed E-state index contributed by atoms with van der Waals surface area (Å²) in [5.74, 6) is 1.51. The molecule has 2 saturated heterocycles. The van der Waals surface area contributed by atoms with Gasteiger partial charge in [-0.3, -0.25) is 14.6 Å². The number of likely N-dealkylation sites (tertiary alicyclic amines) is 2. The third-order valence-electron chi connectivity index (χ3n) is 6.90. The topological polar surface area (TPSA) is 46.9 Å². The predicted molar refractivity (Wildman–Crippen MR) is 129 cm³/mol. The molecule has 3 aromatic rings. The van der Waals surface area contributed by atoms with Crippen molar-refractivity contribution < 1.29 is 9.47 Å². The van der Waals surface area contributed by atoms with E-state index in [0.717, 1.165) is 61.8 Å². The van der Waals surface area contributed by atoms with Crippen LogP contribution in [0.25, 0.3) is 21.8 Å². The van der Waals surface area contributed by atoms with Crippen LogP contribution in [0.1, 0.15) is 25.7 Å². The molecule has 2 aliphatic rings. The molecule has 0 radical (unpaired) electrons. The van der Waals surface area contributed by atoms with Gasteiger partial charge in [-0.15, -0.1) is 0 Å². The summed E-state index contributed by atoms with van der Waals surface area (Å²) in [7, 11) is 2.01. The predicted octanol–water partition coefficient (Wildman–Crippen LogP) is 3.64.